The second kappa shape index (κ2) is 6.91. The van der Waals surface area contributed by atoms with E-state index in [0.717, 1.165) is 11.3 Å². The van der Waals surface area contributed by atoms with Gasteiger partial charge in [-0.2, -0.15) is 0 Å². The number of hydrogen-bond acceptors (Lipinski definition) is 4. The van der Waals surface area contributed by atoms with E-state index in [0.29, 0.717) is 19.4 Å². The zero-order valence-electron chi connectivity index (χ0n) is 10.3. The molecule has 1 aromatic rings. The lowest BCUT2D eigenvalue weighted by Gasteiger charge is -2.09. The lowest BCUT2D eigenvalue weighted by atomic mass is 10.1. The van der Waals surface area contributed by atoms with Crippen LogP contribution in [-0.4, -0.2) is 25.7 Å². The van der Waals surface area contributed by atoms with Crippen molar-refractivity contribution < 1.29 is 14.3 Å². The van der Waals surface area contributed by atoms with Gasteiger partial charge in [0, 0.05) is 12.5 Å². The maximum Gasteiger partial charge on any atom is 0.305 e. The topological polar surface area (TPSA) is 61.5 Å². The molecular weight excluding hydrogens is 218 g/mol. The highest BCUT2D eigenvalue weighted by atomic mass is 16.5. The van der Waals surface area contributed by atoms with E-state index in [1.165, 1.54) is 7.11 Å². The molecule has 1 unspecified atom stereocenters. The molecule has 0 saturated carbocycles. The summed E-state index contributed by atoms with van der Waals surface area (Å²) in [4.78, 5) is 11.0. The molecule has 1 atom stereocenters. The van der Waals surface area contributed by atoms with Crippen molar-refractivity contribution >= 4 is 5.97 Å². The van der Waals surface area contributed by atoms with Gasteiger partial charge >= 0.3 is 5.97 Å². The van der Waals surface area contributed by atoms with Crippen LogP contribution in [0.2, 0.25) is 0 Å². The van der Waals surface area contributed by atoms with Crippen molar-refractivity contribution in [2.24, 2.45) is 5.73 Å². The summed E-state index contributed by atoms with van der Waals surface area (Å²) < 4.78 is 10.0. The van der Waals surface area contributed by atoms with E-state index in [1.807, 2.05) is 31.2 Å². The first-order chi connectivity index (χ1) is 8.11. The Bertz CT molecular complexity index is 346. The third kappa shape index (κ3) is 5.36. The van der Waals surface area contributed by atoms with E-state index < -0.39 is 0 Å². The molecule has 4 heteroatoms. The summed E-state index contributed by atoms with van der Waals surface area (Å²) in [6.07, 6.45) is 1.08. The van der Waals surface area contributed by atoms with E-state index in [1.54, 1.807) is 0 Å². The van der Waals surface area contributed by atoms with Crippen LogP contribution in [0.1, 0.15) is 18.9 Å². The Morgan fingerprint density at radius 1 is 1.35 bits per heavy atom. The number of carbonyl (C=O) groups is 1. The van der Waals surface area contributed by atoms with Crippen molar-refractivity contribution in [3.8, 4) is 5.75 Å². The summed E-state index contributed by atoms with van der Waals surface area (Å²) in [5.41, 5.74) is 6.68. The summed E-state index contributed by atoms with van der Waals surface area (Å²) >= 11 is 0. The predicted molar refractivity (Wildman–Crippen MR) is 65.9 cm³/mol. The molecule has 0 aliphatic rings. The number of esters is 1. The summed E-state index contributed by atoms with van der Waals surface area (Å²) in [6.45, 7) is 2.40. The second-order valence-electron chi connectivity index (χ2n) is 4.01. The quantitative estimate of drug-likeness (QED) is 0.762. The Morgan fingerprint density at radius 3 is 2.53 bits per heavy atom. The molecule has 0 radical (unpaired) electrons. The highest BCUT2D eigenvalue weighted by Crippen LogP contribution is 2.13. The molecule has 94 valence electrons. The first-order valence-corrected chi connectivity index (χ1v) is 5.66. The maximum absolute atomic E-state index is 11.0. The molecule has 17 heavy (non-hydrogen) atoms. The van der Waals surface area contributed by atoms with Gasteiger partial charge in [-0.15, -0.1) is 0 Å². The Morgan fingerprint density at radius 2 is 2.00 bits per heavy atom. The number of rotatable bonds is 6. The van der Waals surface area contributed by atoms with Gasteiger partial charge in [0.1, 0.15) is 12.4 Å². The third-order valence-electron chi connectivity index (χ3n) is 2.28. The third-order valence-corrected chi connectivity index (χ3v) is 2.28. The highest BCUT2D eigenvalue weighted by Gasteiger charge is 2.02. The fourth-order valence-electron chi connectivity index (χ4n) is 1.33. The molecule has 0 heterocycles. The summed E-state index contributed by atoms with van der Waals surface area (Å²) in [6, 6.07) is 7.68. The largest absolute Gasteiger partial charge is 0.492 e. The normalized spacial score (nSPS) is 11.9. The fourth-order valence-corrected chi connectivity index (χ4v) is 1.33. The molecule has 0 bridgehead atoms. The van der Waals surface area contributed by atoms with Crippen molar-refractivity contribution in [1.82, 2.24) is 0 Å². The minimum absolute atomic E-state index is 0.0222. The zero-order chi connectivity index (χ0) is 12.7. The highest BCUT2D eigenvalue weighted by molar-refractivity contribution is 5.69. The SMILES string of the molecule is COC(=O)CCc1ccc(OCC(C)N)cc1. The van der Waals surface area contributed by atoms with E-state index in [9.17, 15) is 4.79 Å². The van der Waals surface area contributed by atoms with Crippen LogP contribution in [0.4, 0.5) is 0 Å². The maximum atomic E-state index is 11.0. The monoisotopic (exact) mass is 237 g/mol. The van der Waals surface area contributed by atoms with Crippen LogP contribution in [0.15, 0.2) is 24.3 Å². The molecule has 2 N–H and O–H groups in total. The van der Waals surface area contributed by atoms with Crippen LogP contribution >= 0.6 is 0 Å². The van der Waals surface area contributed by atoms with Gasteiger partial charge in [0.25, 0.3) is 0 Å². The molecule has 1 rings (SSSR count). The smallest absolute Gasteiger partial charge is 0.305 e. The van der Waals surface area contributed by atoms with Crippen LogP contribution in [-0.2, 0) is 16.0 Å². The Labute approximate surface area is 102 Å². The van der Waals surface area contributed by atoms with Gasteiger partial charge in [-0.25, -0.2) is 0 Å². The van der Waals surface area contributed by atoms with Gasteiger partial charge in [0.15, 0.2) is 0 Å². The number of hydrogen-bond donors (Lipinski definition) is 1. The van der Waals surface area contributed by atoms with Crippen molar-refractivity contribution in [2.45, 2.75) is 25.8 Å². The lowest BCUT2D eigenvalue weighted by molar-refractivity contribution is -0.140. The van der Waals surface area contributed by atoms with Crippen molar-refractivity contribution in [2.75, 3.05) is 13.7 Å². The average molecular weight is 237 g/mol. The van der Waals surface area contributed by atoms with E-state index >= 15 is 0 Å². The van der Waals surface area contributed by atoms with Gasteiger partial charge in [-0.1, -0.05) is 12.1 Å². The molecule has 0 aliphatic heterocycles. The number of benzene rings is 1. The minimum atomic E-state index is -0.192. The molecule has 0 aliphatic carbocycles. The van der Waals surface area contributed by atoms with Crippen molar-refractivity contribution in [3.05, 3.63) is 29.8 Å². The standard InChI is InChI=1S/C13H19NO3/c1-10(14)9-17-12-6-3-11(4-7-12)5-8-13(15)16-2/h3-4,6-7,10H,5,8-9,14H2,1-2H3. The first-order valence-electron chi connectivity index (χ1n) is 5.66. The Hall–Kier alpha value is -1.55. The molecule has 0 aromatic heterocycles. The molecule has 0 fully saturated rings. The fraction of sp³-hybridized carbons (Fsp3) is 0.462. The molecule has 0 saturated heterocycles. The first kappa shape index (κ1) is 13.5. The van der Waals surface area contributed by atoms with E-state index in [4.69, 9.17) is 10.5 Å². The number of methoxy groups -OCH3 is 1. The number of aryl methyl sites for hydroxylation is 1. The molecule has 0 amide bonds. The van der Waals surface area contributed by atoms with Gasteiger partial charge in [-0.3, -0.25) is 4.79 Å². The Kier molecular flexibility index (Phi) is 5.49. The lowest BCUT2D eigenvalue weighted by Crippen LogP contribution is -2.23. The van der Waals surface area contributed by atoms with E-state index in [-0.39, 0.29) is 12.0 Å². The van der Waals surface area contributed by atoms with Gasteiger partial charge in [0.2, 0.25) is 0 Å². The van der Waals surface area contributed by atoms with Gasteiger partial charge < -0.3 is 15.2 Å². The van der Waals surface area contributed by atoms with Crippen LogP contribution in [0.5, 0.6) is 5.75 Å². The summed E-state index contributed by atoms with van der Waals surface area (Å²) in [5.74, 6) is 0.603. The second-order valence-corrected chi connectivity index (χ2v) is 4.01. The van der Waals surface area contributed by atoms with Crippen molar-refractivity contribution in [3.63, 3.8) is 0 Å². The van der Waals surface area contributed by atoms with Gasteiger partial charge in [0.05, 0.1) is 7.11 Å². The number of nitrogens with two attached hydrogens (primary N) is 1. The molecule has 0 spiro atoms. The van der Waals surface area contributed by atoms with Crippen LogP contribution in [0, 0.1) is 0 Å². The van der Waals surface area contributed by atoms with Crippen molar-refractivity contribution in [1.29, 1.82) is 0 Å². The van der Waals surface area contributed by atoms with Crippen LogP contribution in [0.3, 0.4) is 0 Å². The predicted octanol–water partition coefficient (Wildman–Crippen LogP) is 1.52. The number of ether oxygens (including phenoxy) is 2. The molecule has 1 aromatic carbocycles. The summed E-state index contributed by atoms with van der Waals surface area (Å²) in [7, 11) is 1.40. The minimum Gasteiger partial charge on any atom is -0.492 e. The Balaban J connectivity index is 2.42. The number of carbonyl (C=O) groups excluding carboxylic acids is 1. The van der Waals surface area contributed by atoms with Crippen LogP contribution < -0.4 is 10.5 Å². The van der Waals surface area contributed by atoms with Gasteiger partial charge in [-0.05, 0) is 31.0 Å². The molecular formula is C13H19NO3. The van der Waals surface area contributed by atoms with E-state index in [2.05, 4.69) is 4.74 Å². The zero-order valence-corrected chi connectivity index (χ0v) is 10.3. The average Bonchev–Trinajstić information content (AvgIpc) is 2.34. The molecule has 4 nitrogen and oxygen atoms in total. The van der Waals surface area contributed by atoms with Crippen LogP contribution in [0.25, 0.3) is 0 Å². The summed E-state index contributed by atoms with van der Waals surface area (Å²) in [5, 5.41) is 0.